The van der Waals surface area contributed by atoms with Crippen LogP contribution in [0.5, 0.6) is 0 Å². The van der Waals surface area contributed by atoms with Gasteiger partial charge in [0.1, 0.15) is 6.61 Å². The van der Waals surface area contributed by atoms with Crippen molar-refractivity contribution in [3.05, 3.63) is 12.2 Å². The summed E-state index contributed by atoms with van der Waals surface area (Å²) in [5.74, 6) is -0.452. The van der Waals surface area contributed by atoms with E-state index in [-0.39, 0.29) is 13.2 Å². The fourth-order valence-corrected chi connectivity index (χ4v) is 1.52. The number of alkyl carbamates (subject to hydrolysis) is 1. The van der Waals surface area contributed by atoms with Crippen molar-refractivity contribution in [2.45, 2.75) is 52.4 Å². The molecule has 0 saturated heterocycles. The van der Waals surface area contributed by atoms with Gasteiger partial charge in [-0.1, -0.05) is 45.6 Å². The summed E-state index contributed by atoms with van der Waals surface area (Å²) in [6.07, 6.45) is 6.45. The number of nitrogens with one attached hydrogen (secondary N) is 1. The number of ether oxygens (including phenoxy) is 2. The summed E-state index contributed by atoms with van der Waals surface area (Å²) in [5.41, 5.74) is 0.343. The monoisotopic (exact) mass is 285 g/mol. The predicted octanol–water partition coefficient (Wildman–Crippen LogP) is 3.19. The molecule has 116 valence electrons. The Morgan fingerprint density at radius 1 is 1.00 bits per heavy atom. The van der Waals surface area contributed by atoms with Crippen LogP contribution in [0.1, 0.15) is 52.4 Å². The van der Waals surface area contributed by atoms with E-state index in [1.54, 1.807) is 6.92 Å². The first kappa shape index (κ1) is 18.5. The van der Waals surface area contributed by atoms with Crippen molar-refractivity contribution in [1.82, 2.24) is 5.32 Å². The Hall–Kier alpha value is -1.52. The summed E-state index contributed by atoms with van der Waals surface area (Å²) in [7, 11) is 0. The minimum atomic E-state index is -0.468. The first-order valence-corrected chi connectivity index (χ1v) is 7.31. The van der Waals surface area contributed by atoms with Gasteiger partial charge in [0.05, 0.1) is 13.2 Å². The lowest BCUT2D eigenvalue weighted by molar-refractivity contribution is -0.138. The molecular formula is C15H27NO4. The van der Waals surface area contributed by atoms with E-state index in [4.69, 9.17) is 9.47 Å². The van der Waals surface area contributed by atoms with Crippen LogP contribution in [0.2, 0.25) is 0 Å². The molecule has 1 amide bonds. The van der Waals surface area contributed by atoms with Crippen LogP contribution in [0.25, 0.3) is 0 Å². The molecule has 0 spiro atoms. The lowest BCUT2D eigenvalue weighted by atomic mass is 10.1. The van der Waals surface area contributed by atoms with E-state index < -0.39 is 12.1 Å². The second-order valence-corrected chi connectivity index (χ2v) is 4.75. The Kier molecular flexibility index (Phi) is 11.6. The third-order valence-corrected chi connectivity index (χ3v) is 2.68. The molecule has 0 atom stereocenters. The molecule has 1 N–H and O–H groups in total. The van der Waals surface area contributed by atoms with Crippen molar-refractivity contribution in [2.24, 2.45) is 0 Å². The zero-order valence-corrected chi connectivity index (χ0v) is 12.7. The molecule has 0 aromatic carbocycles. The van der Waals surface area contributed by atoms with Crippen LogP contribution >= 0.6 is 0 Å². The van der Waals surface area contributed by atoms with Crippen LogP contribution in [-0.4, -0.2) is 31.8 Å². The smallest absolute Gasteiger partial charge is 0.407 e. The second kappa shape index (κ2) is 12.5. The molecule has 0 bridgehead atoms. The standard InChI is InChI=1S/C15H27NO4/c1-4-5-6-7-8-9-11-20-15(18)16-10-12-19-14(17)13(2)3/h2,4-12H2,1,3H3,(H,16,18). The minimum absolute atomic E-state index is 0.123. The SMILES string of the molecule is C=C(C)C(=O)OCCNC(=O)OCCCCCCCC. The molecule has 0 rings (SSSR count). The van der Waals surface area contributed by atoms with Crippen molar-refractivity contribution in [2.75, 3.05) is 19.8 Å². The van der Waals surface area contributed by atoms with Gasteiger partial charge >= 0.3 is 12.1 Å². The fraction of sp³-hybridized carbons (Fsp3) is 0.733. The van der Waals surface area contributed by atoms with Crippen molar-refractivity contribution in [3.63, 3.8) is 0 Å². The van der Waals surface area contributed by atoms with E-state index in [2.05, 4.69) is 18.8 Å². The highest BCUT2D eigenvalue weighted by molar-refractivity contribution is 5.86. The van der Waals surface area contributed by atoms with E-state index in [0.717, 1.165) is 12.8 Å². The maximum absolute atomic E-state index is 11.3. The average molecular weight is 285 g/mol. The first-order valence-electron chi connectivity index (χ1n) is 7.31. The maximum Gasteiger partial charge on any atom is 0.407 e. The van der Waals surface area contributed by atoms with Crippen LogP contribution in [0.4, 0.5) is 4.79 Å². The van der Waals surface area contributed by atoms with Gasteiger partial charge < -0.3 is 14.8 Å². The molecule has 0 aromatic heterocycles. The third kappa shape index (κ3) is 11.6. The number of carbonyl (C=O) groups excluding carboxylic acids is 2. The number of carbonyl (C=O) groups is 2. The number of esters is 1. The fourth-order valence-electron chi connectivity index (χ4n) is 1.52. The Labute approximate surface area is 121 Å². The molecule has 0 saturated carbocycles. The molecule has 0 aliphatic rings. The molecule has 0 radical (unpaired) electrons. The minimum Gasteiger partial charge on any atom is -0.460 e. The van der Waals surface area contributed by atoms with Gasteiger partial charge in [0, 0.05) is 5.57 Å². The third-order valence-electron chi connectivity index (χ3n) is 2.68. The number of hydrogen-bond acceptors (Lipinski definition) is 4. The normalized spacial score (nSPS) is 9.90. The van der Waals surface area contributed by atoms with Crippen molar-refractivity contribution in [1.29, 1.82) is 0 Å². The molecule has 5 nitrogen and oxygen atoms in total. The molecule has 0 unspecified atom stereocenters. The van der Waals surface area contributed by atoms with Crippen molar-refractivity contribution < 1.29 is 19.1 Å². The van der Waals surface area contributed by atoms with E-state index in [1.165, 1.54) is 25.7 Å². The molecule has 0 fully saturated rings. The highest BCUT2D eigenvalue weighted by atomic mass is 16.6. The lowest BCUT2D eigenvalue weighted by Gasteiger charge is -2.07. The van der Waals surface area contributed by atoms with Crippen LogP contribution in [0.15, 0.2) is 12.2 Å². The summed E-state index contributed by atoms with van der Waals surface area (Å²) < 4.78 is 9.82. The second-order valence-electron chi connectivity index (χ2n) is 4.75. The van der Waals surface area contributed by atoms with E-state index in [0.29, 0.717) is 12.2 Å². The zero-order chi connectivity index (χ0) is 15.2. The lowest BCUT2D eigenvalue weighted by Crippen LogP contribution is -2.29. The van der Waals surface area contributed by atoms with Crippen LogP contribution < -0.4 is 5.32 Å². The van der Waals surface area contributed by atoms with Crippen molar-refractivity contribution >= 4 is 12.1 Å². The largest absolute Gasteiger partial charge is 0.460 e. The Bertz CT molecular complexity index is 302. The van der Waals surface area contributed by atoms with Gasteiger partial charge in [0.15, 0.2) is 0 Å². The Morgan fingerprint density at radius 2 is 1.65 bits per heavy atom. The number of amides is 1. The van der Waals surface area contributed by atoms with Gasteiger partial charge in [-0.3, -0.25) is 0 Å². The Balaban J connectivity index is 3.33. The van der Waals surface area contributed by atoms with Gasteiger partial charge in [-0.25, -0.2) is 9.59 Å². The van der Waals surface area contributed by atoms with E-state index in [1.807, 2.05) is 0 Å². The molecule has 20 heavy (non-hydrogen) atoms. The summed E-state index contributed by atoms with van der Waals surface area (Å²) in [5, 5.41) is 2.52. The molecular weight excluding hydrogens is 258 g/mol. The van der Waals surface area contributed by atoms with E-state index in [9.17, 15) is 9.59 Å². The molecule has 0 aliphatic heterocycles. The number of hydrogen-bond donors (Lipinski definition) is 1. The van der Waals surface area contributed by atoms with Gasteiger partial charge in [0.25, 0.3) is 0 Å². The summed E-state index contributed by atoms with van der Waals surface area (Å²) >= 11 is 0. The van der Waals surface area contributed by atoms with Gasteiger partial charge in [-0.15, -0.1) is 0 Å². The van der Waals surface area contributed by atoms with Crippen molar-refractivity contribution in [3.8, 4) is 0 Å². The summed E-state index contributed by atoms with van der Waals surface area (Å²) in [6, 6.07) is 0. The highest BCUT2D eigenvalue weighted by Gasteiger charge is 2.04. The molecule has 5 heteroatoms. The maximum atomic E-state index is 11.3. The quantitative estimate of drug-likeness (QED) is 0.360. The topological polar surface area (TPSA) is 64.6 Å². The van der Waals surface area contributed by atoms with E-state index >= 15 is 0 Å². The zero-order valence-electron chi connectivity index (χ0n) is 12.7. The predicted molar refractivity (Wildman–Crippen MR) is 78.5 cm³/mol. The number of rotatable bonds is 11. The highest BCUT2D eigenvalue weighted by Crippen LogP contribution is 2.04. The summed E-state index contributed by atoms with van der Waals surface area (Å²) in [4.78, 5) is 22.3. The summed E-state index contributed by atoms with van der Waals surface area (Å²) in [6.45, 7) is 8.02. The Morgan fingerprint density at radius 3 is 2.30 bits per heavy atom. The van der Waals surface area contributed by atoms with Gasteiger partial charge in [0.2, 0.25) is 0 Å². The molecule has 0 aromatic rings. The molecule has 0 heterocycles. The molecule has 0 aliphatic carbocycles. The number of unbranched alkanes of at least 4 members (excludes halogenated alkanes) is 5. The average Bonchev–Trinajstić information content (AvgIpc) is 2.42. The van der Waals surface area contributed by atoms with Crippen LogP contribution in [0, 0.1) is 0 Å². The first-order chi connectivity index (χ1) is 9.57. The van der Waals surface area contributed by atoms with Crippen LogP contribution in [-0.2, 0) is 14.3 Å². The van der Waals surface area contributed by atoms with Crippen LogP contribution in [0.3, 0.4) is 0 Å². The van der Waals surface area contributed by atoms with Gasteiger partial charge in [-0.2, -0.15) is 0 Å². The van der Waals surface area contributed by atoms with Gasteiger partial charge in [-0.05, 0) is 13.3 Å².